The lowest BCUT2D eigenvalue weighted by molar-refractivity contribution is 0.0908. The molecule has 1 unspecified atom stereocenters. The van der Waals surface area contributed by atoms with E-state index in [-0.39, 0.29) is 12.3 Å². The zero-order valence-corrected chi connectivity index (χ0v) is 12.5. The van der Waals surface area contributed by atoms with Gasteiger partial charge in [-0.15, -0.1) is 0 Å². The van der Waals surface area contributed by atoms with Crippen LogP contribution in [0.15, 0.2) is 24.3 Å². The van der Waals surface area contributed by atoms with Crippen LogP contribution in [0.25, 0.3) is 0 Å². The van der Waals surface area contributed by atoms with E-state index >= 15 is 0 Å². The Morgan fingerprint density at radius 3 is 2.74 bits per heavy atom. The van der Waals surface area contributed by atoms with E-state index in [9.17, 15) is 17.9 Å². The molecule has 0 saturated heterocycles. The minimum absolute atomic E-state index is 0.0640. The summed E-state index contributed by atoms with van der Waals surface area (Å²) in [7, 11) is -3.59. The molecule has 1 aromatic carbocycles. The van der Waals surface area contributed by atoms with Crippen molar-refractivity contribution < 1.29 is 17.9 Å². The molecule has 0 aromatic heterocycles. The molecule has 0 aliphatic heterocycles. The van der Waals surface area contributed by atoms with Crippen molar-refractivity contribution in [3.8, 4) is 0 Å². The van der Waals surface area contributed by atoms with Gasteiger partial charge >= 0.3 is 0 Å². The van der Waals surface area contributed by atoms with Crippen molar-refractivity contribution in [1.29, 1.82) is 0 Å². The second-order valence-corrected chi connectivity index (χ2v) is 7.31. The lowest BCUT2D eigenvalue weighted by Crippen LogP contribution is -2.42. The fraction of sp³-hybridized carbons (Fsp3) is 0.500. The molecule has 0 heterocycles. The Balaban J connectivity index is 2.62. The standard InChI is InChI=1S/C12H18FNO3S2/c1-12(15,9-18-2)8-14-19(16,17)7-10-4-3-5-11(13)6-10/h3-6,14-15H,7-9H2,1-2H3. The molecule has 0 saturated carbocycles. The highest BCUT2D eigenvalue weighted by Crippen LogP contribution is 2.11. The van der Waals surface area contributed by atoms with Gasteiger partial charge < -0.3 is 5.11 Å². The predicted octanol–water partition coefficient (Wildman–Crippen LogP) is 1.36. The van der Waals surface area contributed by atoms with E-state index in [1.807, 2.05) is 6.26 Å². The molecule has 4 nitrogen and oxygen atoms in total. The van der Waals surface area contributed by atoms with E-state index in [1.165, 1.54) is 30.0 Å². The summed E-state index contributed by atoms with van der Waals surface area (Å²) in [5.41, 5.74) is -0.731. The van der Waals surface area contributed by atoms with Crippen molar-refractivity contribution in [3.63, 3.8) is 0 Å². The van der Waals surface area contributed by atoms with Crippen molar-refractivity contribution >= 4 is 21.8 Å². The van der Waals surface area contributed by atoms with Gasteiger partial charge in [0.05, 0.1) is 11.4 Å². The van der Waals surface area contributed by atoms with Gasteiger partial charge in [0.25, 0.3) is 0 Å². The molecule has 0 spiro atoms. The zero-order valence-electron chi connectivity index (χ0n) is 10.9. The first-order valence-electron chi connectivity index (χ1n) is 5.67. The van der Waals surface area contributed by atoms with Gasteiger partial charge in [0.15, 0.2) is 0 Å². The van der Waals surface area contributed by atoms with E-state index in [4.69, 9.17) is 0 Å². The Bertz CT molecular complexity index is 517. The van der Waals surface area contributed by atoms with E-state index in [2.05, 4.69) is 4.72 Å². The van der Waals surface area contributed by atoms with Crippen molar-refractivity contribution in [3.05, 3.63) is 35.6 Å². The first-order valence-corrected chi connectivity index (χ1v) is 8.72. The maximum atomic E-state index is 13.0. The van der Waals surface area contributed by atoms with Crippen LogP contribution in [0.5, 0.6) is 0 Å². The van der Waals surface area contributed by atoms with E-state index in [0.717, 1.165) is 0 Å². The molecule has 1 aromatic rings. The van der Waals surface area contributed by atoms with Gasteiger partial charge in [0, 0.05) is 12.3 Å². The molecule has 19 heavy (non-hydrogen) atoms. The SMILES string of the molecule is CSCC(C)(O)CNS(=O)(=O)Cc1cccc(F)c1. The number of hydrogen-bond acceptors (Lipinski definition) is 4. The number of nitrogens with one attached hydrogen (secondary N) is 1. The smallest absolute Gasteiger partial charge is 0.215 e. The fourth-order valence-corrected chi connectivity index (χ4v) is 3.50. The monoisotopic (exact) mass is 307 g/mol. The summed E-state index contributed by atoms with van der Waals surface area (Å²) in [4.78, 5) is 0. The topological polar surface area (TPSA) is 66.4 Å². The van der Waals surface area contributed by atoms with Crippen LogP contribution in [0.4, 0.5) is 4.39 Å². The van der Waals surface area contributed by atoms with Crippen LogP contribution in [0.2, 0.25) is 0 Å². The average molecular weight is 307 g/mol. The summed E-state index contributed by atoms with van der Waals surface area (Å²) >= 11 is 1.43. The first kappa shape index (κ1) is 16.4. The van der Waals surface area contributed by atoms with Crippen LogP contribution >= 0.6 is 11.8 Å². The summed E-state index contributed by atoms with van der Waals surface area (Å²) in [6.07, 6.45) is 1.83. The van der Waals surface area contributed by atoms with Crippen molar-refractivity contribution in [2.75, 3.05) is 18.6 Å². The van der Waals surface area contributed by atoms with Crippen molar-refractivity contribution in [2.24, 2.45) is 0 Å². The molecular weight excluding hydrogens is 289 g/mol. The molecule has 7 heteroatoms. The number of benzene rings is 1. The van der Waals surface area contributed by atoms with Gasteiger partial charge in [-0.2, -0.15) is 11.8 Å². The minimum Gasteiger partial charge on any atom is -0.388 e. The van der Waals surface area contributed by atoms with Crippen molar-refractivity contribution in [1.82, 2.24) is 4.72 Å². The van der Waals surface area contributed by atoms with Crippen LogP contribution in [-0.4, -0.2) is 37.7 Å². The normalized spacial score (nSPS) is 15.2. The Morgan fingerprint density at radius 2 is 2.16 bits per heavy atom. The average Bonchev–Trinajstić information content (AvgIpc) is 2.26. The maximum absolute atomic E-state index is 13.0. The molecule has 108 valence electrons. The molecule has 0 bridgehead atoms. The Morgan fingerprint density at radius 1 is 1.47 bits per heavy atom. The van der Waals surface area contributed by atoms with Gasteiger partial charge in [-0.25, -0.2) is 17.5 Å². The molecule has 0 amide bonds. The van der Waals surface area contributed by atoms with Crippen LogP contribution < -0.4 is 4.72 Å². The number of sulfonamides is 1. The third-order valence-corrected chi connectivity index (χ3v) is 4.58. The highest BCUT2D eigenvalue weighted by Gasteiger charge is 2.22. The van der Waals surface area contributed by atoms with Crippen LogP contribution in [0, 0.1) is 5.82 Å². The van der Waals surface area contributed by atoms with Crippen molar-refractivity contribution in [2.45, 2.75) is 18.3 Å². The summed E-state index contributed by atoms with van der Waals surface area (Å²) < 4.78 is 38.9. The largest absolute Gasteiger partial charge is 0.388 e. The minimum atomic E-state index is -3.59. The van der Waals surface area contributed by atoms with Gasteiger partial charge in [0.2, 0.25) is 10.0 Å². The molecular formula is C12H18FNO3S2. The summed E-state index contributed by atoms with van der Waals surface area (Å²) in [5.74, 6) is -0.350. The second-order valence-electron chi connectivity index (χ2n) is 4.64. The Labute approximate surface area is 117 Å². The van der Waals surface area contributed by atoms with Gasteiger partial charge in [0.1, 0.15) is 5.82 Å². The Kier molecular flexibility index (Phi) is 5.79. The van der Waals surface area contributed by atoms with Crippen LogP contribution in [0.3, 0.4) is 0 Å². The van der Waals surface area contributed by atoms with Gasteiger partial charge in [-0.3, -0.25) is 0 Å². The van der Waals surface area contributed by atoms with Gasteiger partial charge in [-0.1, -0.05) is 12.1 Å². The van der Waals surface area contributed by atoms with E-state index < -0.39 is 21.4 Å². The van der Waals surface area contributed by atoms with Crippen LogP contribution in [0.1, 0.15) is 12.5 Å². The molecule has 0 aliphatic carbocycles. The molecule has 1 atom stereocenters. The number of rotatable bonds is 7. The van der Waals surface area contributed by atoms with Crippen LogP contribution in [-0.2, 0) is 15.8 Å². The summed E-state index contributed by atoms with van der Waals surface area (Å²) in [5, 5.41) is 9.88. The molecule has 1 rings (SSSR count). The predicted molar refractivity (Wildman–Crippen MR) is 76.0 cm³/mol. The number of aliphatic hydroxyl groups is 1. The number of halogens is 1. The first-order chi connectivity index (χ1) is 8.74. The number of thioether (sulfide) groups is 1. The third-order valence-electron chi connectivity index (χ3n) is 2.37. The molecule has 2 N–H and O–H groups in total. The lowest BCUT2D eigenvalue weighted by atomic mass is 10.1. The van der Waals surface area contributed by atoms with Gasteiger partial charge in [-0.05, 0) is 30.9 Å². The highest BCUT2D eigenvalue weighted by atomic mass is 32.2. The fourth-order valence-electron chi connectivity index (χ4n) is 1.52. The summed E-state index contributed by atoms with van der Waals surface area (Å²) in [6, 6.07) is 5.44. The third kappa shape index (κ3) is 6.38. The second kappa shape index (κ2) is 6.69. The van der Waals surface area contributed by atoms with E-state index in [0.29, 0.717) is 11.3 Å². The van der Waals surface area contributed by atoms with E-state index in [1.54, 1.807) is 13.0 Å². The zero-order chi connectivity index (χ0) is 14.5. The molecule has 0 aliphatic rings. The highest BCUT2D eigenvalue weighted by molar-refractivity contribution is 7.98. The summed E-state index contributed by atoms with van der Waals surface area (Å²) in [6.45, 7) is 1.50. The molecule has 0 fully saturated rings. The molecule has 0 radical (unpaired) electrons. The lowest BCUT2D eigenvalue weighted by Gasteiger charge is -2.22. The quantitative estimate of drug-likeness (QED) is 0.798. The maximum Gasteiger partial charge on any atom is 0.215 e. The Hall–Kier alpha value is -0.630. The number of hydrogen-bond donors (Lipinski definition) is 2.